The lowest BCUT2D eigenvalue weighted by atomic mass is 9.95. The summed E-state index contributed by atoms with van der Waals surface area (Å²) in [5.41, 5.74) is 0.206. The number of anilines is 2. The molecule has 45 heavy (non-hydrogen) atoms. The predicted molar refractivity (Wildman–Crippen MR) is 171 cm³/mol. The second-order valence-electron chi connectivity index (χ2n) is 11.3. The van der Waals surface area contributed by atoms with Gasteiger partial charge in [0.15, 0.2) is 5.82 Å². The number of pyridine rings is 1. The van der Waals surface area contributed by atoms with Crippen LogP contribution in [-0.2, 0) is 15.8 Å². The van der Waals surface area contributed by atoms with Crippen LogP contribution in [0.5, 0.6) is 11.6 Å². The number of piperidine rings is 1. The highest BCUT2D eigenvalue weighted by molar-refractivity contribution is 7.91. The molecule has 1 aliphatic heterocycles. The van der Waals surface area contributed by atoms with Gasteiger partial charge in [-0.3, -0.25) is 4.72 Å². The van der Waals surface area contributed by atoms with Crippen LogP contribution in [0.25, 0.3) is 22.0 Å². The van der Waals surface area contributed by atoms with E-state index in [0.717, 1.165) is 0 Å². The number of halogens is 2. The highest BCUT2D eigenvalue weighted by Gasteiger charge is 2.32. The molecule has 0 spiro atoms. The van der Waals surface area contributed by atoms with E-state index in [-0.39, 0.29) is 41.2 Å². The van der Waals surface area contributed by atoms with E-state index in [1.807, 2.05) is 0 Å². The zero-order valence-corrected chi connectivity index (χ0v) is 25.5. The third-order valence-corrected chi connectivity index (χ3v) is 8.81. The van der Waals surface area contributed by atoms with Gasteiger partial charge in [-0.15, -0.1) is 0 Å². The lowest BCUT2D eigenvalue weighted by molar-refractivity contribution is 0.137. The molecule has 0 radical (unpaired) electrons. The van der Waals surface area contributed by atoms with Gasteiger partial charge >= 0.3 is 0 Å². The fourth-order valence-corrected chi connectivity index (χ4v) is 6.73. The summed E-state index contributed by atoms with van der Waals surface area (Å²) in [6.45, 7) is 3.95. The Balaban J connectivity index is 1.33. The number of hydrogen-bond donors (Lipinski definition) is 3. The molecule has 1 aliphatic rings. The fourth-order valence-electron chi connectivity index (χ4n) is 5.51. The average molecular weight is 631 g/mol. The Kier molecular flexibility index (Phi) is 8.34. The van der Waals surface area contributed by atoms with Crippen molar-refractivity contribution in [2.75, 3.05) is 23.1 Å². The smallest absolute Gasteiger partial charge is 0.237 e. The molecular formula is C33H32F2N6O3S. The van der Waals surface area contributed by atoms with Crippen molar-refractivity contribution in [3.63, 3.8) is 0 Å². The summed E-state index contributed by atoms with van der Waals surface area (Å²) >= 11 is 0. The van der Waals surface area contributed by atoms with E-state index in [1.54, 1.807) is 92.1 Å². The number of nitrogens with zero attached hydrogens (tertiary/aromatic N) is 3. The summed E-state index contributed by atoms with van der Waals surface area (Å²) in [6, 6.07) is 20.5. The minimum absolute atomic E-state index is 0.104. The first-order valence-electron chi connectivity index (χ1n) is 14.5. The Bertz CT molecular complexity index is 1960. The Morgan fingerprint density at radius 2 is 1.76 bits per heavy atom. The first-order chi connectivity index (χ1) is 21.6. The van der Waals surface area contributed by atoms with Crippen LogP contribution >= 0.6 is 0 Å². The molecule has 2 atom stereocenters. The van der Waals surface area contributed by atoms with Crippen LogP contribution in [0.15, 0.2) is 85.2 Å². The molecule has 3 aromatic carbocycles. The maximum Gasteiger partial charge on any atom is 0.237 e. The standard InChI is InChI=1S/C33H32F2N6O3S/c1-21-28(34)29(41-45(42,43)19-22-9-4-3-5-10-22)24-11-6-7-12-25(24)30(21)44-31-26(13-8-15-37-31)27-14-16-38-32(40-27)39-23-17-33(2,35)20-36-18-23/h3-16,23,36,41H,17-20H2,1-2H3,(H,38,39,40)/t23-,33-/m0/s1. The van der Waals surface area contributed by atoms with Crippen molar-refractivity contribution in [3.05, 3.63) is 102 Å². The normalized spacial score (nSPS) is 18.4. The number of alkyl halides is 1. The molecule has 3 heterocycles. The molecule has 0 unspecified atom stereocenters. The molecule has 232 valence electrons. The van der Waals surface area contributed by atoms with Crippen molar-refractivity contribution >= 4 is 32.4 Å². The summed E-state index contributed by atoms with van der Waals surface area (Å²) in [7, 11) is -3.94. The highest BCUT2D eigenvalue weighted by atomic mass is 32.2. The van der Waals surface area contributed by atoms with Crippen LogP contribution in [0.3, 0.4) is 0 Å². The van der Waals surface area contributed by atoms with Crippen molar-refractivity contribution in [3.8, 4) is 22.9 Å². The Morgan fingerprint density at radius 3 is 2.53 bits per heavy atom. The van der Waals surface area contributed by atoms with E-state index >= 15 is 4.39 Å². The van der Waals surface area contributed by atoms with Crippen LogP contribution < -0.4 is 20.1 Å². The monoisotopic (exact) mass is 630 g/mol. The van der Waals surface area contributed by atoms with Gasteiger partial charge in [-0.05, 0) is 37.6 Å². The Hall–Kier alpha value is -4.68. The maximum atomic E-state index is 16.0. The lowest BCUT2D eigenvalue weighted by Gasteiger charge is -2.33. The van der Waals surface area contributed by atoms with Gasteiger partial charge in [-0.25, -0.2) is 32.2 Å². The molecule has 12 heteroatoms. The van der Waals surface area contributed by atoms with Crippen LogP contribution in [0.4, 0.5) is 20.4 Å². The van der Waals surface area contributed by atoms with E-state index in [4.69, 9.17) is 4.74 Å². The number of ether oxygens (including phenoxy) is 1. The molecule has 5 aromatic rings. The van der Waals surface area contributed by atoms with Gasteiger partial charge < -0.3 is 15.4 Å². The minimum atomic E-state index is -3.94. The molecule has 9 nitrogen and oxygen atoms in total. The van der Waals surface area contributed by atoms with E-state index < -0.39 is 21.5 Å². The quantitative estimate of drug-likeness (QED) is 0.172. The number of aromatic nitrogens is 3. The van der Waals surface area contributed by atoms with Gasteiger partial charge in [-0.2, -0.15) is 0 Å². The van der Waals surface area contributed by atoms with Crippen LogP contribution in [0, 0.1) is 12.7 Å². The van der Waals surface area contributed by atoms with Gasteiger partial charge in [0.1, 0.15) is 11.4 Å². The third kappa shape index (κ3) is 6.86. The molecule has 0 aliphatic carbocycles. The summed E-state index contributed by atoms with van der Waals surface area (Å²) in [6.07, 6.45) is 3.45. The van der Waals surface area contributed by atoms with Crippen molar-refractivity contribution < 1.29 is 21.9 Å². The number of fused-ring (bicyclic) bond motifs is 1. The number of benzene rings is 3. The molecule has 0 amide bonds. The first kappa shape index (κ1) is 30.4. The molecular weight excluding hydrogens is 598 g/mol. The van der Waals surface area contributed by atoms with Gasteiger partial charge in [0.05, 0.1) is 22.7 Å². The number of sulfonamides is 1. The van der Waals surface area contributed by atoms with Gasteiger partial charge in [0.25, 0.3) is 0 Å². The number of hydrogen-bond acceptors (Lipinski definition) is 8. The van der Waals surface area contributed by atoms with Crippen molar-refractivity contribution in [1.82, 2.24) is 20.3 Å². The second kappa shape index (κ2) is 12.4. The van der Waals surface area contributed by atoms with Gasteiger partial charge in [-0.1, -0.05) is 54.6 Å². The van der Waals surface area contributed by atoms with Gasteiger partial charge in [0, 0.05) is 54.3 Å². The second-order valence-corrected chi connectivity index (χ2v) is 13.1. The van der Waals surface area contributed by atoms with Crippen molar-refractivity contribution in [1.29, 1.82) is 0 Å². The van der Waals surface area contributed by atoms with Crippen LogP contribution in [0.1, 0.15) is 24.5 Å². The summed E-state index contributed by atoms with van der Waals surface area (Å²) in [5.74, 6) is -0.380. The molecule has 6 rings (SSSR count). The van der Waals surface area contributed by atoms with Crippen molar-refractivity contribution in [2.45, 2.75) is 37.7 Å². The molecule has 1 fully saturated rings. The minimum Gasteiger partial charge on any atom is -0.437 e. The largest absolute Gasteiger partial charge is 0.437 e. The molecule has 1 saturated heterocycles. The van der Waals surface area contributed by atoms with E-state index in [0.29, 0.717) is 46.5 Å². The maximum absolute atomic E-state index is 16.0. The van der Waals surface area contributed by atoms with E-state index in [2.05, 4.69) is 30.3 Å². The first-order valence-corrected chi connectivity index (χ1v) is 16.1. The number of nitrogens with one attached hydrogen (secondary N) is 3. The summed E-state index contributed by atoms with van der Waals surface area (Å²) in [5, 5.41) is 7.12. The van der Waals surface area contributed by atoms with E-state index in [1.165, 1.54) is 6.92 Å². The lowest BCUT2D eigenvalue weighted by Crippen LogP contribution is -2.50. The van der Waals surface area contributed by atoms with Crippen LogP contribution in [0.2, 0.25) is 0 Å². The fraction of sp³-hybridized carbons (Fsp3) is 0.242. The Morgan fingerprint density at radius 1 is 1.00 bits per heavy atom. The zero-order valence-electron chi connectivity index (χ0n) is 24.7. The van der Waals surface area contributed by atoms with Crippen molar-refractivity contribution in [2.24, 2.45) is 0 Å². The average Bonchev–Trinajstić information content (AvgIpc) is 3.01. The molecule has 0 saturated carbocycles. The zero-order chi connectivity index (χ0) is 31.6. The summed E-state index contributed by atoms with van der Waals surface area (Å²) < 4.78 is 65.5. The third-order valence-electron chi connectivity index (χ3n) is 7.58. The highest BCUT2D eigenvalue weighted by Crippen LogP contribution is 2.42. The Labute approximate surface area is 260 Å². The SMILES string of the molecule is Cc1c(F)c(NS(=O)(=O)Cc2ccccc2)c2ccccc2c1Oc1ncccc1-c1ccnc(N[C@@H]2CNC[C@@](C)(F)C2)n1. The van der Waals surface area contributed by atoms with E-state index in [9.17, 15) is 12.8 Å². The van der Waals surface area contributed by atoms with Crippen LogP contribution in [-0.4, -0.2) is 48.2 Å². The van der Waals surface area contributed by atoms with Gasteiger partial charge in [0.2, 0.25) is 21.9 Å². The molecule has 3 N–H and O–H groups in total. The predicted octanol–water partition coefficient (Wildman–Crippen LogP) is 6.38. The topological polar surface area (TPSA) is 118 Å². The molecule has 2 aromatic heterocycles. The summed E-state index contributed by atoms with van der Waals surface area (Å²) in [4.78, 5) is 13.4. The number of rotatable bonds is 9. The molecule has 0 bridgehead atoms.